The molecule has 0 aliphatic rings. The van der Waals surface area contributed by atoms with Crippen LogP contribution in [0.15, 0.2) is 52.6 Å². The first-order valence-electron chi connectivity index (χ1n) is 10.9. The van der Waals surface area contributed by atoms with Crippen LogP contribution in [0.3, 0.4) is 0 Å². The highest BCUT2D eigenvalue weighted by Gasteiger charge is 2.17. The second kappa shape index (κ2) is 9.73. The molecule has 0 aliphatic carbocycles. The number of hydrogen-bond acceptors (Lipinski definition) is 5. The Labute approximate surface area is 186 Å². The summed E-state index contributed by atoms with van der Waals surface area (Å²) in [6.07, 6.45) is 0.628. The van der Waals surface area contributed by atoms with Crippen molar-refractivity contribution >= 4 is 32.3 Å². The van der Waals surface area contributed by atoms with Gasteiger partial charge in [-0.3, -0.25) is 9.36 Å². The van der Waals surface area contributed by atoms with Crippen LogP contribution < -0.4 is 5.56 Å². The Morgan fingerprint density at radius 1 is 1.10 bits per heavy atom. The van der Waals surface area contributed by atoms with E-state index < -0.39 is 0 Å². The molecule has 0 aliphatic heterocycles. The van der Waals surface area contributed by atoms with Crippen molar-refractivity contribution in [2.75, 3.05) is 33.4 Å². The molecule has 6 heteroatoms. The Balaban J connectivity index is 1.82. The lowest BCUT2D eigenvalue weighted by Crippen LogP contribution is -2.33. The molecule has 31 heavy (non-hydrogen) atoms. The lowest BCUT2D eigenvalue weighted by Gasteiger charge is -2.20. The van der Waals surface area contributed by atoms with Crippen molar-refractivity contribution in [3.63, 3.8) is 0 Å². The molecule has 0 radical (unpaired) electrons. The van der Waals surface area contributed by atoms with E-state index in [9.17, 15) is 4.79 Å². The fourth-order valence-electron chi connectivity index (χ4n) is 4.03. The maximum absolute atomic E-state index is 13.7. The number of methoxy groups -OCH3 is 1. The van der Waals surface area contributed by atoms with Gasteiger partial charge in [-0.15, -0.1) is 11.3 Å². The molecule has 0 amide bonds. The SMILES string of the molecule is CCN(CC)CCn1c(CCOC)nc2scc(-c3ccc4ccccc4c3)c2c1=O. The van der Waals surface area contributed by atoms with E-state index in [4.69, 9.17) is 9.72 Å². The largest absolute Gasteiger partial charge is 0.384 e. The summed E-state index contributed by atoms with van der Waals surface area (Å²) in [4.78, 5) is 21.7. The number of ether oxygens (including phenoxy) is 1. The minimum atomic E-state index is 0.0488. The highest BCUT2D eigenvalue weighted by atomic mass is 32.1. The fraction of sp³-hybridized carbons (Fsp3) is 0.360. The zero-order valence-corrected chi connectivity index (χ0v) is 19.2. The van der Waals surface area contributed by atoms with Crippen LogP contribution >= 0.6 is 11.3 Å². The molecule has 2 heterocycles. The summed E-state index contributed by atoms with van der Waals surface area (Å²) < 4.78 is 7.13. The van der Waals surface area contributed by atoms with Crippen molar-refractivity contribution in [2.24, 2.45) is 0 Å². The standard InChI is InChI=1S/C25H29N3O2S/c1-4-27(5-2)13-14-28-22(12-15-30-3)26-24-23(25(28)29)21(17-31-24)20-11-10-18-8-6-7-9-19(18)16-20/h6-11,16-17H,4-5,12-15H2,1-3H3. The molecule has 0 N–H and O–H groups in total. The molecule has 2 aromatic carbocycles. The third kappa shape index (κ3) is 4.42. The molecule has 0 saturated carbocycles. The van der Waals surface area contributed by atoms with Gasteiger partial charge in [0.25, 0.3) is 5.56 Å². The van der Waals surface area contributed by atoms with Crippen molar-refractivity contribution in [2.45, 2.75) is 26.8 Å². The number of thiophene rings is 1. The third-order valence-corrected chi connectivity index (χ3v) is 6.77. The molecule has 4 rings (SSSR count). The van der Waals surface area contributed by atoms with Gasteiger partial charge in [-0.05, 0) is 35.5 Å². The van der Waals surface area contributed by atoms with Crippen LogP contribution in [0.25, 0.3) is 32.1 Å². The fourth-order valence-corrected chi connectivity index (χ4v) is 4.99. The van der Waals surface area contributed by atoms with E-state index >= 15 is 0 Å². The van der Waals surface area contributed by atoms with Gasteiger partial charge in [0.15, 0.2) is 0 Å². The van der Waals surface area contributed by atoms with Crippen molar-refractivity contribution in [1.29, 1.82) is 0 Å². The van der Waals surface area contributed by atoms with E-state index in [2.05, 4.69) is 54.5 Å². The highest BCUT2D eigenvalue weighted by molar-refractivity contribution is 7.17. The lowest BCUT2D eigenvalue weighted by molar-refractivity contribution is 0.198. The normalized spacial score (nSPS) is 11.7. The van der Waals surface area contributed by atoms with E-state index in [1.165, 1.54) is 10.8 Å². The number of aromatic nitrogens is 2. The van der Waals surface area contributed by atoms with Crippen LogP contribution in [0, 0.1) is 0 Å². The molecule has 0 spiro atoms. The Morgan fingerprint density at radius 3 is 2.61 bits per heavy atom. The molecule has 2 aromatic heterocycles. The minimum absolute atomic E-state index is 0.0488. The zero-order chi connectivity index (χ0) is 21.8. The Bertz CT molecular complexity index is 1240. The molecule has 4 aromatic rings. The van der Waals surface area contributed by atoms with Gasteiger partial charge < -0.3 is 9.64 Å². The summed E-state index contributed by atoms with van der Waals surface area (Å²) in [6.45, 7) is 8.24. The highest BCUT2D eigenvalue weighted by Crippen LogP contribution is 2.33. The average Bonchev–Trinajstić information content (AvgIpc) is 3.23. The smallest absolute Gasteiger partial charge is 0.262 e. The molecular weight excluding hydrogens is 406 g/mol. The van der Waals surface area contributed by atoms with Crippen LogP contribution in [0.5, 0.6) is 0 Å². The molecule has 162 valence electrons. The quantitative estimate of drug-likeness (QED) is 0.379. The number of hydrogen-bond donors (Lipinski definition) is 0. The molecule has 0 unspecified atom stereocenters. The molecule has 0 bridgehead atoms. The summed E-state index contributed by atoms with van der Waals surface area (Å²) in [5.41, 5.74) is 2.08. The average molecular weight is 436 g/mol. The molecule has 5 nitrogen and oxygen atoms in total. The van der Waals surface area contributed by atoms with Crippen LogP contribution in [0.4, 0.5) is 0 Å². The lowest BCUT2D eigenvalue weighted by atomic mass is 10.0. The molecule has 0 atom stereocenters. The van der Waals surface area contributed by atoms with E-state index in [0.717, 1.165) is 46.8 Å². The monoisotopic (exact) mass is 435 g/mol. The first-order valence-corrected chi connectivity index (χ1v) is 11.8. The van der Waals surface area contributed by atoms with Gasteiger partial charge in [0.1, 0.15) is 10.7 Å². The van der Waals surface area contributed by atoms with Gasteiger partial charge in [0.05, 0.1) is 12.0 Å². The Kier molecular flexibility index (Phi) is 6.80. The number of nitrogens with zero attached hydrogens (tertiary/aromatic N) is 3. The topological polar surface area (TPSA) is 47.4 Å². The summed E-state index contributed by atoms with van der Waals surface area (Å²) in [6, 6.07) is 14.7. The Hall–Kier alpha value is -2.54. The van der Waals surface area contributed by atoms with Crippen LogP contribution in [0.2, 0.25) is 0 Å². The maximum Gasteiger partial charge on any atom is 0.262 e. The van der Waals surface area contributed by atoms with E-state index in [1.807, 2.05) is 16.7 Å². The summed E-state index contributed by atoms with van der Waals surface area (Å²) in [5, 5.41) is 5.16. The van der Waals surface area contributed by atoms with Gasteiger partial charge in [-0.2, -0.15) is 0 Å². The van der Waals surface area contributed by atoms with Gasteiger partial charge in [0.2, 0.25) is 0 Å². The van der Waals surface area contributed by atoms with Crippen molar-refractivity contribution < 1.29 is 4.74 Å². The van der Waals surface area contributed by atoms with E-state index in [0.29, 0.717) is 19.6 Å². The second-order valence-corrected chi connectivity index (χ2v) is 8.50. The van der Waals surface area contributed by atoms with Gasteiger partial charge in [0, 0.05) is 37.6 Å². The predicted molar refractivity (Wildman–Crippen MR) is 130 cm³/mol. The first-order chi connectivity index (χ1) is 15.2. The first kappa shape index (κ1) is 21.7. The van der Waals surface area contributed by atoms with E-state index in [1.54, 1.807) is 18.4 Å². The molecule has 0 saturated heterocycles. The van der Waals surface area contributed by atoms with Crippen LogP contribution in [-0.2, 0) is 17.7 Å². The van der Waals surface area contributed by atoms with Gasteiger partial charge in [-0.25, -0.2) is 4.98 Å². The summed E-state index contributed by atoms with van der Waals surface area (Å²) in [5.74, 6) is 0.804. The zero-order valence-electron chi connectivity index (χ0n) is 18.4. The van der Waals surface area contributed by atoms with Gasteiger partial charge in [-0.1, -0.05) is 50.2 Å². The van der Waals surface area contributed by atoms with Gasteiger partial charge >= 0.3 is 0 Å². The van der Waals surface area contributed by atoms with Crippen molar-refractivity contribution in [1.82, 2.24) is 14.5 Å². The summed E-state index contributed by atoms with van der Waals surface area (Å²) in [7, 11) is 1.68. The Morgan fingerprint density at radius 2 is 1.87 bits per heavy atom. The van der Waals surface area contributed by atoms with Crippen LogP contribution in [-0.4, -0.2) is 47.8 Å². The number of benzene rings is 2. The number of rotatable bonds is 9. The second-order valence-electron chi connectivity index (χ2n) is 7.65. The maximum atomic E-state index is 13.7. The molecule has 0 fully saturated rings. The number of likely N-dealkylation sites (N-methyl/N-ethyl adjacent to an activating group) is 1. The van der Waals surface area contributed by atoms with E-state index in [-0.39, 0.29) is 5.56 Å². The summed E-state index contributed by atoms with van der Waals surface area (Å²) >= 11 is 1.54. The minimum Gasteiger partial charge on any atom is -0.384 e. The number of fused-ring (bicyclic) bond motifs is 2. The molecular formula is C25H29N3O2S. The van der Waals surface area contributed by atoms with Crippen molar-refractivity contribution in [3.8, 4) is 11.1 Å². The van der Waals surface area contributed by atoms with Crippen molar-refractivity contribution in [3.05, 3.63) is 64.0 Å². The van der Waals surface area contributed by atoms with Crippen LogP contribution in [0.1, 0.15) is 19.7 Å². The third-order valence-electron chi connectivity index (χ3n) is 5.90. The predicted octanol–water partition coefficient (Wildman–Crippen LogP) is 4.81.